The molecule has 1 atom stereocenters. The van der Waals surface area contributed by atoms with Crippen molar-refractivity contribution in [3.63, 3.8) is 0 Å². The zero-order valence-corrected chi connectivity index (χ0v) is 7.42. The van der Waals surface area contributed by atoms with Gasteiger partial charge in [-0.05, 0) is 12.5 Å². The van der Waals surface area contributed by atoms with Crippen molar-refractivity contribution in [3.05, 3.63) is 0 Å². The molecule has 0 heterocycles. The van der Waals surface area contributed by atoms with Gasteiger partial charge in [0.2, 0.25) is 0 Å². The van der Waals surface area contributed by atoms with Crippen LogP contribution in [0.5, 0.6) is 0 Å². The number of aliphatic carboxylic acids is 1. The fourth-order valence-electron chi connectivity index (χ4n) is 0.994. The molecular weight excluding hydrogens is 142 g/mol. The van der Waals surface area contributed by atoms with E-state index in [1.54, 1.807) is 0 Å². The van der Waals surface area contributed by atoms with E-state index < -0.39 is 5.97 Å². The van der Waals surface area contributed by atoms with Crippen LogP contribution in [-0.4, -0.2) is 23.7 Å². The lowest BCUT2D eigenvalue weighted by atomic mass is 10.0. The molecule has 0 aromatic carbocycles. The zero-order valence-electron chi connectivity index (χ0n) is 7.42. The Morgan fingerprint density at radius 3 is 2.36 bits per heavy atom. The van der Waals surface area contributed by atoms with Gasteiger partial charge in [-0.2, -0.15) is 0 Å². The predicted octanol–water partition coefficient (Wildman–Crippen LogP) is 1.10. The number of carboxylic acid groups (broad SMARTS) is 1. The minimum absolute atomic E-state index is 0.109. The maximum absolute atomic E-state index is 10.3. The average Bonchev–Trinajstić information content (AvgIpc) is 1.86. The lowest BCUT2D eigenvalue weighted by molar-refractivity contribution is -0.137. The standard InChI is InChI=1S/C8H17NO2/c1-4-9-7(6(2)3)5-8(10)11/h6-7,9H,4-5H2,1-3H3,(H,10,11). The van der Waals surface area contributed by atoms with E-state index in [1.165, 1.54) is 0 Å². The quantitative estimate of drug-likeness (QED) is 0.631. The van der Waals surface area contributed by atoms with Gasteiger partial charge in [-0.25, -0.2) is 0 Å². The monoisotopic (exact) mass is 159 g/mol. The number of carboxylic acids is 1. The van der Waals surface area contributed by atoms with Crippen molar-refractivity contribution < 1.29 is 9.90 Å². The molecule has 3 heteroatoms. The van der Waals surface area contributed by atoms with E-state index in [0.717, 1.165) is 6.54 Å². The SMILES string of the molecule is CCNC(CC(=O)O)C(C)C. The number of hydrogen-bond donors (Lipinski definition) is 2. The van der Waals surface area contributed by atoms with Gasteiger partial charge in [0, 0.05) is 6.04 Å². The molecule has 0 aliphatic heterocycles. The fraction of sp³-hybridized carbons (Fsp3) is 0.875. The molecule has 11 heavy (non-hydrogen) atoms. The van der Waals surface area contributed by atoms with Gasteiger partial charge >= 0.3 is 5.97 Å². The summed E-state index contributed by atoms with van der Waals surface area (Å²) >= 11 is 0. The van der Waals surface area contributed by atoms with Crippen LogP contribution in [0.2, 0.25) is 0 Å². The first-order valence-corrected chi connectivity index (χ1v) is 4.03. The Labute approximate surface area is 67.8 Å². The summed E-state index contributed by atoms with van der Waals surface area (Å²) in [5.41, 5.74) is 0. The molecule has 0 bridgehead atoms. The first-order valence-electron chi connectivity index (χ1n) is 4.03. The van der Waals surface area contributed by atoms with Gasteiger partial charge in [-0.1, -0.05) is 20.8 Å². The molecule has 0 aromatic heterocycles. The Bertz CT molecular complexity index is 123. The summed E-state index contributed by atoms with van der Waals surface area (Å²) in [6.07, 6.45) is 0.214. The molecule has 3 nitrogen and oxygen atoms in total. The number of rotatable bonds is 5. The topological polar surface area (TPSA) is 49.3 Å². The largest absolute Gasteiger partial charge is 0.481 e. The Balaban J connectivity index is 3.79. The Morgan fingerprint density at radius 2 is 2.09 bits per heavy atom. The summed E-state index contributed by atoms with van der Waals surface area (Å²) in [5.74, 6) is -0.351. The van der Waals surface area contributed by atoms with Gasteiger partial charge in [0.15, 0.2) is 0 Å². The number of carbonyl (C=O) groups is 1. The molecule has 2 N–H and O–H groups in total. The van der Waals surface area contributed by atoms with Crippen LogP contribution in [0.1, 0.15) is 27.2 Å². The normalized spacial score (nSPS) is 13.5. The lowest BCUT2D eigenvalue weighted by Gasteiger charge is -2.19. The van der Waals surface area contributed by atoms with E-state index in [1.807, 2.05) is 20.8 Å². The first kappa shape index (κ1) is 10.4. The van der Waals surface area contributed by atoms with Crippen LogP contribution in [0.15, 0.2) is 0 Å². The Hall–Kier alpha value is -0.570. The molecule has 0 aliphatic carbocycles. The smallest absolute Gasteiger partial charge is 0.304 e. The van der Waals surface area contributed by atoms with Gasteiger partial charge in [-0.15, -0.1) is 0 Å². The molecule has 0 amide bonds. The van der Waals surface area contributed by atoms with Gasteiger partial charge in [0.1, 0.15) is 0 Å². The Kier molecular flexibility index (Phi) is 4.86. The molecule has 0 aliphatic rings. The van der Waals surface area contributed by atoms with Crippen molar-refractivity contribution in [1.29, 1.82) is 0 Å². The van der Waals surface area contributed by atoms with Gasteiger partial charge in [0.05, 0.1) is 6.42 Å². The molecule has 0 radical (unpaired) electrons. The third-order valence-corrected chi connectivity index (χ3v) is 1.67. The molecule has 0 spiro atoms. The highest BCUT2D eigenvalue weighted by Gasteiger charge is 2.14. The highest BCUT2D eigenvalue weighted by atomic mass is 16.4. The van der Waals surface area contributed by atoms with E-state index in [9.17, 15) is 4.79 Å². The third-order valence-electron chi connectivity index (χ3n) is 1.67. The maximum atomic E-state index is 10.3. The van der Waals surface area contributed by atoms with Crippen molar-refractivity contribution in [3.8, 4) is 0 Å². The van der Waals surface area contributed by atoms with Crippen LogP contribution in [-0.2, 0) is 4.79 Å². The number of hydrogen-bond acceptors (Lipinski definition) is 2. The minimum atomic E-state index is -0.732. The van der Waals surface area contributed by atoms with E-state index in [2.05, 4.69) is 5.32 Å². The van der Waals surface area contributed by atoms with Crippen molar-refractivity contribution >= 4 is 5.97 Å². The second kappa shape index (κ2) is 5.13. The van der Waals surface area contributed by atoms with Crippen LogP contribution in [0.25, 0.3) is 0 Å². The van der Waals surface area contributed by atoms with Crippen molar-refractivity contribution in [2.45, 2.75) is 33.2 Å². The van der Waals surface area contributed by atoms with Crippen LogP contribution in [0.3, 0.4) is 0 Å². The first-order chi connectivity index (χ1) is 5.07. The van der Waals surface area contributed by atoms with E-state index in [0.29, 0.717) is 5.92 Å². The summed E-state index contributed by atoms with van der Waals surface area (Å²) < 4.78 is 0. The summed E-state index contributed by atoms with van der Waals surface area (Å²) in [6.45, 7) is 6.86. The summed E-state index contributed by atoms with van der Waals surface area (Å²) in [5, 5.41) is 11.7. The molecular formula is C8H17NO2. The highest BCUT2D eigenvalue weighted by Crippen LogP contribution is 2.05. The summed E-state index contributed by atoms with van der Waals surface area (Å²) in [7, 11) is 0. The average molecular weight is 159 g/mol. The predicted molar refractivity (Wildman–Crippen MR) is 44.6 cm³/mol. The molecule has 0 fully saturated rings. The lowest BCUT2D eigenvalue weighted by Crippen LogP contribution is -2.35. The van der Waals surface area contributed by atoms with Crippen LogP contribution in [0.4, 0.5) is 0 Å². The number of nitrogens with one attached hydrogen (secondary N) is 1. The zero-order chi connectivity index (χ0) is 8.85. The van der Waals surface area contributed by atoms with E-state index in [4.69, 9.17) is 5.11 Å². The van der Waals surface area contributed by atoms with E-state index >= 15 is 0 Å². The second-order valence-corrected chi connectivity index (χ2v) is 3.01. The third kappa shape index (κ3) is 4.79. The second-order valence-electron chi connectivity index (χ2n) is 3.01. The van der Waals surface area contributed by atoms with Gasteiger partial charge in [0.25, 0.3) is 0 Å². The Morgan fingerprint density at radius 1 is 1.55 bits per heavy atom. The van der Waals surface area contributed by atoms with Crippen molar-refractivity contribution in [1.82, 2.24) is 5.32 Å². The molecule has 0 saturated heterocycles. The van der Waals surface area contributed by atoms with Crippen LogP contribution >= 0.6 is 0 Å². The van der Waals surface area contributed by atoms with Gasteiger partial charge in [-0.3, -0.25) is 4.79 Å². The van der Waals surface area contributed by atoms with Crippen LogP contribution < -0.4 is 5.32 Å². The minimum Gasteiger partial charge on any atom is -0.481 e. The molecule has 0 rings (SSSR count). The van der Waals surface area contributed by atoms with Crippen LogP contribution in [0, 0.1) is 5.92 Å². The van der Waals surface area contributed by atoms with Crippen molar-refractivity contribution in [2.75, 3.05) is 6.54 Å². The summed E-state index contributed by atoms with van der Waals surface area (Å²) in [4.78, 5) is 10.3. The van der Waals surface area contributed by atoms with Crippen molar-refractivity contribution in [2.24, 2.45) is 5.92 Å². The van der Waals surface area contributed by atoms with Gasteiger partial charge < -0.3 is 10.4 Å². The molecule has 66 valence electrons. The molecule has 1 unspecified atom stereocenters. The molecule has 0 saturated carbocycles. The van der Waals surface area contributed by atoms with E-state index in [-0.39, 0.29) is 12.5 Å². The highest BCUT2D eigenvalue weighted by molar-refractivity contribution is 5.67. The summed E-state index contributed by atoms with van der Waals surface area (Å²) in [6, 6.07) is 0.109. The fourth-order valence-corrected chi connectivity index (χ4v) is 0.994. The molecule has 0 aromatic rings. The maximum Gasteiger partial charge on any atom is 0.304 e.